The van der Waals surface area contributed by atoms with E-state index in [4.69, 9.17) is 16.3 Å². The van der Waals surface area contributed by atoms with Crippen LogP contribution in [0.2, 0.25) is 5.02 Å². The minimum Gasteiger partial charge on any atom is -0.484 e. The number of nitrogens with zero attached hydrogens (tertiary/aromatic N) is 1. The summed E-state index contributed by atoms with van der Waals surface area (Å²) >= 11 is 5.98. The molecule has 1 N–H and O–H groups in total. The van der Waals surface area contributed by atoms with Gasteiger partial charge in [-0.2, -0.15) is 0 Å². The maximum Gasteiger partial charge on any atom is 0.258 e. The minimum absolute atomic E-state index is 0.0470. The minimum atomic E-state index is -0.624. The highest BCUT2D eigenvalue weighted by atomic mass is 35.5. The molecule has 1 aliphatic rings. The summed E-state index contributed by atoms with van der Waals surface area (Å²) < 4.78 is 19.4. The van der Waals surface area contributed by atoms with Gasteiger partial charge in [-0.05, 0) is 44.0 Å². The molecule has 0 aromatic heterocycles. The second kappa shape index (κ2) is 9.06. The highest BCUT2D eigenvalue weighted by Crippen LogP contribution is 2.22. The average Bonchev–Trinajstić information content (AvgIpc) is 2.68. The van der Waals surface area contributed by atoms with E-state index < -0.39 is 11.7 Å². The first-order valence-electron chi connectivity index (χ1n) is 9.16. The summed E-state index contributed by atoms with van der Waals surface area (Å²) in [7, 11) is 0. The van der Waals surface area contributed by atoms with Gasteiger partial charge in [-0.15, -0.1) is 0 Å². The Kier molecular flexibility index (Phi) is 6.52. The molecule has 148 valence electrons. The molecule has 3 rings (SSSR count). The van der Waals surface area contributed by atoms with Crippen molar-refractivity contribution in [2.24, 2.45) is 0 Å². The third-order valence-electron chi connectivity index (χ3n) is 4.71. The summed E-state index contributed by atoms with van der Waals surface area (Å²) in [5.41, 5.74) is 1.02. The van der Waals surface area contributed by atoms with Gasteiger partial charge in [0.2, 0.25) is 0 Å². The summed E-state index contributed by atoms with van der Waals surface area (Å²) in [6.45, 7) is 2.77. The molecular formula is C21H22ClFN2O3. The predicted molar refractivity (Wildman–Crippen MR) is 105 cm³/mol. The predicted octanol–water partition coefficient (Wildman–Crippen LogP) is 3.59. The second-order valence-electron chi connectivity index (χ2n) is 6.83. The van der Waals surface area contributed by atoms with Crippen molar-refractivity contribution >= 4 is 23.4 Å². The number of carbonyl (C=O) groups excluding carboxylic acids is 2. The number of rotatable bonds is 5. The first-order chi connectivity index (χ1) is 13.4. The Balaban J connectivity index is 1.46. The zero-order valence-electron chi connectivity index (χ0n) is 15.6. The highest BCUT2D eigenvalue weighted by Gasteiger charge is 2.27. The van der Waals surface area contributed by atoms with E-state index in [0.717, 1.165) is 5.56 Å². The van der Waals surface area contributed by atoms with Crippen molar-refractivity contribution in [2.75, 3.05) is 19.7 Å². The molecule has 0 bridgehead atoms. The van der Waals surface area contributed by atoms with E-state index in [9.17, 15) is 14.0 Å². The van der Waals surface area contributed by atoms with Crippen LogP contribution in [0, 0.1) is 12.7 Å². The first kappa shape index (κ1) is 20.1. The lowest BCUT2D eigenvalue weighted by Crippen LogP contribution is -2.47. The van der Waals surface area contributed by atoms with Crippen molar-refractivity contribution in [1.82, 2.24) is 10.2 Å². The quantitative estimate of drug-likeness (QED) is 0.828. The molecule has 0 spiro atoms. The van der Waals surface area contributed by atoms with Crippen molar-refractivity contribution in [3.63, 3.8) is 0 Å². The van der Waals surface area contributed by atoms with E-state index in [0.29, 0.717) is 31.7 Å². The normalized spacial score (nSPS) is 14.6. The lowest BCUT2D eigenvalue weighted by atomic mass is 10.0. The Labute approximate surface area is 168 Å². The van der Waals surface area contributed by atoms with Gasteiger partial charge in [-0.1, -0.05) is 35.4 Å². The maximum atomic E-state index is 13.9. The van der Waals surface area contributed by atoms with Gasteiger partial charge in [0.1, 0.15) is 11.6 Å². The lowest BCUT2D eigenvalue weighted by molar-refractivity contribution is -0.124. The van der Waals surface area contributed by atoms with Crippen LogP contribution in [-0.2, 0) is 4.79 Å². The third-order valence-corrected chi connectivity index (χ3v) is 5.03. The molecule has 2 aromatic carbocycles. The zero-order chi connectivity index (χ0) is 20.1. The number of benzene rings is 2. The second-order valence-corrected chi connectivity index (χ2v) is 7.24. The molecule has 7 heteroatoms. The van der Waals surface area contributed by atoms with Crippen LogP contribution in [0.1, 0.15) is 28.8 Å². The monoisotopic (exact) mass is 404 g/mol. The largest absolute Gasteiger partial charge is 0.484 e. The van der Waals surface area contributed by atoms with Gasteiger partial charge in [0.05, 0.1) is 10.6 Å². The lowest BCUT2D eigenvalue weighted by Gasteiger charge is -2.32. The molecule has 2 aromatic rings. The van der Waals surface area contributed by atoms with Crippen LogP contribution in [-0.4, -0.2) is 42.5 Å². The summed E-state index contributed by atoms with van der Waals surface area (Å²) in [5.74, 6) is -0.609. The zero-order valence-corrected chi connectivity index (χ0v) is 16.3. The molecule has 0 unspecified atom stereocenters. The van der Waals surface area contributed by atoms with Crippen LogP contribution in [0.4, 0.5) is 4.39 Å². The molecule has 2 amide bonds. The van der Waals surface area contributed by atoms with E-state index >= 15 is 0 Å². The molecule has 5 nitrogen and oxygen atoms in total. The molecule has 0 radical (unpaired) electrons. The molecule has 28 heavy (non-hydrogen) atoms. The molecule has 0 saturated carbocycles. The topological polar surface area (TPSA) is 58.6 Å². The summed E-state index contributed by atoms with van der Waals surface area (Å²) in [4.78, 5) is 26.2. The van der Waals surface area contributed by atoms with Gasteiger partial charge < -0.3 is 15.0 Å². The summed E-state index contributed by atoms with van der Waals surface area (Å²) in [5, 5.41) is 3.03. The van der Waals surface area contributed by atoms with E-state index in [1.54, 1.807) is 4.90 Å². The molecule has 1 fully saturated rings. The van der Waals surface area contributed by atoms with Gasteiger partial charge in [-0.3, -0.25) is 9.59 Å². The number of hydrogen-bond donors (Lipinski definition) is 1. The van der Waals surface area contributed by atoms with Crippen molar-refractivity contribution in [3.05, 3.63) is 64.4 Å². The highest BCUT2D eigenvalue weighted by molar-refractivity contribution is 6.33. The first-order valence-corrected chi connectivity index (χ1v) is 9.54. The molecule has 1 saturated heterocycles. The van der Waals surface area contributed by atoms with E-state index in [1.807, 2.05) is 31.2 Å². The number of amides is 2. The number of halogens is 2. The van der Waals surface area contributed by atoms with Gasteiger partial charge in [-0.25, -0.2) is 4.39 Å². The van der Waals surface area contributed by atoms with Crippen LogP contribution < -0.4 is 10.1 Å². The Morgan fingerprint density at radius 3 is 2.50 bits per heavy atom. The van der Waals surface area contributed by atoms with Crippen LogP contribution in [0.25, 0.3) is 0 Å². The number of likely N-dealkylation sites (tertiary alicyclic amines) is 1. The molecule has 0 aliphatic carbocycles. The van der Waals surface area contributed by atoms with Crippen molar-refractivity contribution in [1.29, 1.82) is 0 Å². The van der Waals surface area contributed by atoms with Crippen molar-refractivity contribution in [2.45, 2.75) is 25.8 Å². The fourth-order valence-electron chi connectivity index (χ4n) is 3.14. The maximum absolute atomic E-state index is 13.9. The van der Waals surface area contributed by atoms with Gasteiger partial charge in [0, 0.05) is 19.1 Å². The van der Waals surface area contributed by atoms with Gasteiger partial charge >= 0.3 is 0 Å². The number of ether oxygens (including phenoxy) is 1. The number of piperidine rings is 1. The number of hydrogen-bond acceptors (Lipinski definition) is 3. The van der Waals surface area contributed by atoms with Gasteiger partial charge in [0.15, 0.2) is 6.61 Å². The fourth-order valence-corrected chi connectivity index (χ4v) is 3.38. The summed E-state index contributed by atoms with van der Waals surface area (Å²) in [6, 6.07) is 11.6. The number of nitrogens with one attached hydrogen (secondary N) is 1. The Morgan fingerprint density at radius 2 is 1.86 bits per heavy atom. The van der Waals surface area contributed by atoms with Crippen LogP contribution in [0.3, 0.4) is 0 Å². The van der Waals surface area contributed by atoms with Gasteiger partial charge in [0.25, 0.3) is 11.8 Å². The third kappa shape index (κ3) is 5.01. The molecule has 0 atom stereocenters. The van der Waals surface area contributed by atoms with Crippen molar-refractivity contribution in [3.8, 4) is 5.75 Å². The molecule has 1 aliphatic heterocycles. The Hall–Kier alpha value is -2.60. The van der Waals surface area contributed by atoms with Crippen LogP contribution in [0.15, 0.2) is 42.5 Å². The standard InChI is InChI=1S/C21H22ClFN2O3/c1-14-5-7-16(8-6-14)28-13-19(26)24-15-9-11-25(12-10-15)21(27)20-17(22)3-2-4-18(20)23/h2-8,15H,9-13H2,1H3,(H,24,26). The fraction of sp³-hybridized carbons (Fsp3) is 0.333. The Morgan fingerprint density at radius 1 is 1.18 bits per heavy atom. The SMILES string of the molecule is Cc1ccc(OCC(=O)NC2CCN(C(=O)c3c(F)cccc3Cl)CC2)cc1. The Bertz CT molecular complexity index is 829. The smallest absolute Gasteiger partial charge is 0.258 e. The van der Waals surface area contributed by atoms with E-state index in [-0.39, 0.29) is 29.1 Å². The van der Waals surface area contributed by atoms with E-state index in [1.165, 1.54) is 18.2 Å². The summed E-state index contributed by atoms with van der Waals surface area (Å²) in [6.07, 6.45) is 1.18. The van der Waals surface area contributed by atoms with Crippen LogP contribution >= 0.6 is 11.6 Å². The average molecular weight is 405 g/mol. The number of carbonyl (C=O) groups is 2. The molecular weight excluding hydrogens is 383 g/mol. The molecule has 1 heterocycles. The van der Waals surface area contributed by atoms with Crippen molar-refractivity contribution < 1.29 is 18.7 Å². The van der Waals surface area contributed by atoms with E-state index in [2.05, 4.69) is 5.32 Å². The van der Waals surface area contributed by atoms with Crippen LogP contribution in [0.5, 0.6) is 5.75 Å². The number of aryl methyl sites for hydroxylation is 1.